The molecule has 1 saturated carbocycles. The molecule has 0 bridgehead atoms. The Morgan fingerprint density at radius 1 is 1.26 bits per heavy atom. The van der Waals surface area contributed by atoms with Crippen LogP contribution in [0.3, 0.4) is 0 Å². The number of hydrogen-bond acceptors (Lipinski definition) is 3. The first kappa shape index (κ1) is 15.0. The van der Waals surface area contributed by atoms with Crippen LogP contribution >= 0.6 is 15.9 Å². The van der Waals surface area contributed by atoms with Gasteiger partial charge in [-0.05, 0) is 36.8 Å². The van der Waals surface area contributed by atoms with E-state index in [0.29, 0.717) is 12.0 Å². The van der Waals surface area contributed by atoms with Crippen molar-refractivity contribution in [2.75, 3.05) is 13.2 Å². The van der Waals surface area contributed by atoms with Gasteiger partial charge in [0, 0.05) is 10.5 Å². The molecular weight excluding hydrogens is 306 g/mol. The molecule has 3 nitrogen and oxygen atoms in total. The Morgan fingerprint density at radius 3 is 2.42 bits per heavy atom. The molecule has 4 heteroatoms. The van der Waals surface area contributed by atoms with Gasteiger partial charge in [0.25, 0.3) is 0 Å². The van der Waals surface area contributed by atoms with Gasteiger partial charge >= 0.3 is 0 Å². The molecule has 0 saturated heterocycles. The molecule has 1 aliphatic carbocycles. The molecule has 3 N–H and O–H groups in total. The minimum absolute atomic E-state index is 0.0177. The number of hydrogen-bond donors (Lipinski definition) is 3. The molecule has 106 valence electrons. The molecule has 19 heavy (non-hydrogen) atoms. The van der Waals surface area contributed by atoms with Crippen LogP contribution in [0.15, 0.2) is 28.7 Å². The van der Waals surface area contributed by atoms with Gasteiger partial charge in [0.05, 0.1) is 18.8 Å². The van der Waals surface area contributed by atoms with Crippen LogP contribution in [0.5, 0.6) is 0 Å². The van der Waals surface area contributed by atoms with Gasteiger partial charge in [-0.2, -0.15) is 0 Å². The van der Waals surface area contributed by atoms with E-state index in [1.807, 2.05) is 13.0 Å². The van der Waals surface area contributed by atoms with Gasteiger partial charge in [0.1, 0.15) is 0 Å². The van der Waals surface area contributed by atoms with E-state index in [1.54, 1.807) is 0 Å². The van der Waals surface area contributed by atoms with Crippen LogP contribution in [0.2, 0.25) is 0 Å². The van der Waals surface area contributed by atoms with Crippen LogP contribution in [0, 0.1) is 0 Å². The van der Waals surface area contributed by atoms with Gasteiger partial charge in [-0.15, -0.1) is 0 Å². The van der Waals surface area contributed by atoms with Crippen molar-refractivity contribution in [3.8, 4) is 0 Å². The lowest BCUT2D eigenvalue weighted by Crippen LogP contribution is -2.58. The third kappa shape index (κ3) is 3.19. The van der Waals surface area contributed by atoms with Crippen molar-refractivity contribution in [3.05, 3.63) is 34.3 Å². The number of nitrogens with one attached hydrogen (secondary N) is 1. The summed E-state index contributed by atoms with van der Waals surface area (Å²) in [6.07, 6.45) is 2.85. The summed E-state index contributed by atoms with van der Waals surface area (Å²) in [5, 5.41) is 22.3. The maximum atomic E-state index is 9.44. The second kappa shape index (κ2) is 6.35. The first-order valence-electron chi connectivity index (χ1n) is 6.88. The summed E-state index contributed by atoms with van der Waals surface area (Å²) in [4.78, 5) is 0. The number of aliphatic hydroxyl groups excluding tert-OH is 2. The van der Waals surface area contributed by atoms with Crippen molar-refractivity contribution in [1.82, 2.24) is 5.32 Å². The molecule has 0 amide bonds. The fraction of sp³-hybridized carbons (Fsp3) is 0.600. The Kier molecular flexibility index (Phi) is 5.01. The highest BCUT2D eigenvalue weighted by Crippen LogP contribution is 2.40. The van der Waals surface area contributed by atoms with Gasteiger partial charge < -0.3 is 15.5 Å². The molecule has 0 unspecified atom stereocenters. The maximum Gasteiger partial charge on any atom is 0.0647 e. The first-order chi connectivity index (χ1) is 9.14. The molecule has 0 heterocycles. The lowest BCUT2D eigenvalue weighted by atomic mass is 9.74. The molecule has 0 radical (unpaired) electrons. The van der Waals surface area contributed by atoms with Crippen molar-refractivity contribution in [2.45, 2.75) is 43.7 Å². The summed E-state index contributed by atoms with van der Waals surface area (Å²) in [5.41, 5.74) is 0.833. The van der Waals surface area contributed by atoms with E-state index in [0.717, 1.165) is 19.3 Å². The molecule has 1 aliphatic rings. The Bertz CT molecular complexity index is 406. The summed E-state index contributed by atoms with van der Waals surface area (Å²) >= 11 is 3.59. The maximum absolute atomic E-state index is 9.44. The highest BCUT2D eigenvalue weighted by Gasteiger charge is 2.37. The van der Waals surface area contributed by atoms with E-state index in [4.69, 9.17) is 0 Å². The zero-order valence-corrected chi connectivity index (χ0v) is 12.9. The summed E-state index contributed by atoms with van der Waals surface area (Å²) in [6.45, 7) is 1.95. The van der Waals surface area contributed by atoms with Crippen molar-refractivity contribution < 1.29 is 10.2 Å². The quantitative estimate of drug-likeness (QED) is 0.752. The number of benzene rings is 1. The van der Waals surface area contributed by atoms with E-state index in [1.165, 1.54) is 10.0 Å². The van der Waals surface area contributed by atoms with E-state index in [2.05, 4.69) is 39.4 Å². The Labute approximate surface area is 123 Å². The average molecular weight is 328 g/mol. The third-order valence-corrected chi connectivity index (χ3v) is 5.00. The monoisotopic (exact) mass is 327 g/mol. The lowest BCUT2D eigenvalue weighted by Gasteiger charge is -2.43. The normalized spacial score (nSPS) is 23.2. The SMILES string of the molecule is CCC(CO)(CO)NC1CC(c2ccccc2Br)C1. The molecule has 0 atom stereocenters. The Balaban J connectivity index is 1.92. The first-order valence-corrected chi connectivity index (χ1v) is 7.67. The van der Waals surface area contributed by atoms with Crippen LogP contribution in [0.1, 0.15) is 37.7 Å². The van der Waals surface area contributed by atoms with Crippen LogP contribution in [0.25, 0.3) is 0 Å². The number of aliphatic hydroxyl groups is 2. The van der Waals surface area contributed by atoms with Gasteiger partial charge in [0.15, 0.2) is 0 Å². The van der Waals surface area contributed by atoms with Crippen molar-refractivity contribution >= 4 is 15.9 Å². The molecule has 2 rings (SSSR count). The van der Waals surface area contributed by atoms with Crippen molar-refractivity contribution in [2.24, 2.45) is 0 Å². The average Bonchev–Trinajstić information content (AvgIpc) is 2.40. The third-order valence-electron chi connectivity index (χ3n) is 4.28. The smallest absolute Gasteiger partial charge is 0.0647 e. The standard InChI is InChI=1S/C15H22BrNO2/c1-2-15(9-18,10-19)17-12-7-11(8-12)13-5-3-4-6-14(13)16/h3-6,11-12,17-19H,2,7-10H2,1H3. The van der Waals surface area contributed by atoms with Gasteiger partial charge in [0.2, 0.25) is 0 Å². The summed E-state index contributed by atoms with van der Waals surface area (Å²) in [5.74, 6) is 0.569. The highest BCUT2D eigenvalue weighted by atomic mass is 79.9. The van der Waals surface area contributed by atoms with Crippen LogP contribution < -0.4 is 5.32 Å². The second-order valence-electron chi connectivity index (χ2n) is 5.48. The van der Waals surface area contributed by atoms with Crippen LogP contribution in [0.4, 0.5) is 0 Å². The predicted molar refractivity (Wildman–Crippen MR) is 80.2 cm³/mol. The van der Waals surface area contributed by atoms with E-state index < -0.39 is 5.54 Å². The number of halogens is 1. The fourth-order valence-electron chi connectivity index (χ4n) is 2.70. The molecule has 0 aliphatic heterocycles. The van der Waals surface area contributed by atoms with Gasteiger partial charge in [-0.25, -0.2) is 0 Å². The molecule has 1 aromatic rings. The van der Waals surface area contributed by atoms with Gasteiger partial charge in [-0.3, -0.25) is 0 Å². The summed E-state index contributed by atoms with van der Waals surface area (Å²) < 4.78 is 1.17. The Morgan fingerprint density at radius 2 is 1.89 bits per heavy atom. The zero-order chi connectivity index (χ0) is 13.9. The highest BCUT2D eigenvalue weighted by molar-refractivity contribution is 9.10. The van der Waals surface area contributed by atoms with E-state index in [9.17, 15) is 10.2 Å². The summed E-state index contributed by atoms with van der Waals surface area (Å²) in [6, 6.07) is 8.72. The largest absolute Gasteiger partial charge is 0.394 e. The predicted octanol–water partition coefficient (Wildman–Crippen LogP) is 2.42. The van der Waals surface area contributed by atoms with E-state index >= 15 is 0 Å². The minimum Gasteiger partial charge on any atom is -0.394 e. The topological polar surface area (TPSA) is 52.5 Å². The Hall–Kier alpha value is -0.420. The van der Waals surface area contributed by atoms with Gasteiger partial charge in [-0.1, -0.05) is 41.1 Å². The zero-order valence-electron chi connectivity index (χ0n) is 11.3. The lowest BCUT2D eigenvalue weighted by molar-refractivity contribution is 0.0627. The van der Waals surface area contributed by atoms with Crippen molar-refractivity contribution in [3.63, 3.8) is 0 Å². The van der Waals surface area contributed by atoms with Crippen LogP contribution in [-0.4, -0.2) is 35.0 Å². The van der Waals surface area contributed by atoms with Crippen molar-refractivity contribution in [1.29, 1.82) is 0 Å². The van der Waals surface area contributed by atoms with Crippen LogP contribution in [-0.2, 0) is 0 Å². The molecular formula is C15H22BrNO2. The second-order valence-corrected chi connectivity index (χ2v) is 6.34. The minimum atomic E-state index is -0.524. The molecule has 0 spiro atoms. The molecule has 1 aromatic carbocycles. The molecule has 1 fully saturated rings. The van der Waals surface area contributed by atoms with E-state index in [-0.39, 0.29) is 13.2 Å². The summed E-state index contributed by atoms with van der Waals surface area (Å²) in [7, 11) is 0. The fourth-order valence-corrected chi connectivity index (χ4v) is 3.30. The molecule has 0 aromatic heterocycles. The number of rotatable bonds is 6.